The van der Waals surface area contributed by atoms with Gasteiger partial charge >= 0.3 is 0 Å². The minimum absolute atomic E-state index is 0.0647. The van der Waals surface area contributed by atoms with Crippen LogP contribution in [0.5, 0.6) is 0 Å². The second kappa shape index (κ2) is 4.45. The largest absolute Gasteiger partial charge is 0.381 e. The highest BCUT2D eigenvalue weighted by Crippen LogP contribution is 2.03. The summed E-state index contributed by atoms with van der Waals surface area (Å²) in [6, 6.07) is 0. The van der Waals surface area contributed by atoms with Gasteiger partial charge in [-0.25, -0.2) is 0 Å². The third-order valence-electron chi connectivity index (χ3n) is 1.53. The van der Waals surface area contributed by atoms with Crippen molar-refractivity contribution in [2.24, 2.45) is 5.92 Å². The van der Waals surface area contributed by atoms with Gasteiger partial charge in [0.15, 0.2) is 0 Å². The number of ether oxygens (including phenoxy) is 1. The number of methoxy groups -OCH3 is 1. The van der Waals surface area contributed by atoms with Crippen LogP contribution < -0.4 is 0 Å². The molecule has 0 N–H and O–H groups in total. The number of ketones is 1. The number of rotatable bonds is 4. The van der Waals surface area contributed by atoms with Gasteiger partial charge in [-0.15, -0.1) is 0 Å². The molecule has 0 spiro atoms. The van der Waals surface area contributed by atoms with Crippen LogP contribution in [0, 0.1) is 5.92 Å². The number of carbonyl (C=O) groups excluding carboxylic acids is 1. The highest BCUT2D eigenvalue weighted by Gasteiger charge is 2.10. The topological polar surface area (TPSA) is 26.3 Å². The molecule has 0 amide bonds. The van der Waals surface area contributed by atoms with E-state index in [0.29, 0.717) is 6.42 Å². The van der Waals surface area contributed by atoms with E-state index >= 15 is 0 Å². The predicted molar refractivity (Wildman–Crippen MR) is 40.9 cm³/mol. The van der Waals surface area contributed by atoms with Crippen molar-refractivity contribution >= 4 is 5.78 Å². The Morgan fingerprint density at radius 1 is 1.40 bits per heavy atom. The van der Waals surface area contributed by atoms with Crippen LogP contribution in [-0.2, 0) is 9.53 Å². The van der Waals surface area contributed by atoms with E-state index in [-0.39, 0.29) is 17.8 Å². The molecule has 1 atom stereocenters. The van der Waals surface area contributed by atoms with Crippen molar-refractivity contribution in [3.8, 4) is 0 Å². The monoisotopic (exact) mass is 144 g/mol. The lowest BCUT2D eigenvalue weighted by Crippen LogP contribution is -2.16. The summed E-state index contributed by atoms with van der Waals surface area (Å²) in [6.07, 6.45) is 0.601. The van der Waals surface area contributed by atoms with E-state index in [4.69, 9.17) is 4.74 Å². The summed E-state index contributed by atoms with van der Waals surface area (Å²) in [5.41, 5.74) is 0. The molecule has 0 aliphatic carbocycles. The zero-order chi connectivity index (χ0) is 8.15. The first-order valence-electron chi connectivity index (χ1n) is 3.63. The van der Waals surface area contributed by atoms with E-state index < -0.39 is 0 Å². The van der Waals surface area contributed by atoms with Gasteiger partial charge in [0.05, 0.1) is 6.10 Å². The fourth-order valence-corrected chi connectivity index (χ4v) is 0.602. The molecule has 0 bridgehead atoms. The smallest absolute Gasteiger partial charge is 0.137 e. The summed E-state index contributed by atoms with van der Waals surface area (Å²) in [5, 5.41) is 0. The minimum Gasteiger partial charge on any atom is -0.381 e. The molecule has 0 aromatic carbocycles. The highest BCUT2D eigenvalue weighted by atomic mass is 16.5. The van der Waals surface area contributed by atoms with Crippen molar-refractivity contribution in [1.82, 2.24) is 0 Å². The maximum absolute atomic E-state index is 11.0. The van der Waals surface area contributed by atoms with E-state index in [1.165, 1.54) is 0 Å². The van der Waals surface area contributed by atoms with Gasteiger partial charge in [0.2, 0.25) is 0 Å². The lowest BCUT2D eigenvalue weighted by atomic mass is 10.0. The molecule has 60 valence electrons. The molecule has 2 nitrogen and oxygen atoms in total. The zero-order valence-electron chi connectivity index (χ0n) is 7.18. The molecule has 10 heavy (non-hydrogen) atoms. The zero-order valence-corrected chi connectivity index (χ0v) is 7.18. The second-order valence-electron chi connectivity index (χ2n) is 2.87. The van der Waals surface area contributed by atoms with Gasteiger partial charge in [-0.1, -0.05) is 13.8 Å². The van der Waals surface area contributed by atoms with Gasteiger partial charge in [-0.3, -0.25) is 4.79 Å². The molecule has 0 rings (SSSR count). The Balaban J connectivity index is 3.57. The van der Waals surface area contributed by atoms with Crippen LogP contribution in [0.3, 0.4) is 0 Å². The average molecular weight is 144 g/mol. The Morgan fingerprint density at radius 3 is 2.20 bits per heavy atom. The second-order valence-corrected chi connectivity index (χ2v) is 2.87. The quantitative estimate of drug-likeness (QED) is 0.599. The fourth-order valence-electron chi connectivity index (χ4n) is 0.602. The first-order valence-corrected chi connectivity index (χ1v) is 3.63. The molecule has 0 fully saturated rings. The van der Waals surface area contributed by atoms with Crippen LogP contribution in [-0.4, -0.2) is 19.0 Å². The third kappa shape index (κ3) is 3.62. The maximum Gasteiger partial charge on any atom is 0.137 e. The Bertz CT molecular complexity index is 108. The molecule has 0 aliphatic rings. The van der Waals surface area contributed by atoms with Crippen LogP contribution in [0.1, 0.15) is 27.2 Å². The molecule has 0 aromatic rings. The standard InChI is InChI=1S/C8H16O2/c1-6(2)8(9)5-7(3)10-4/h6-7H,5H2,1-4H3. The number of carbonyl (C=O) groups is 1. The number of hydrogen-bond acceptors (Lipinski definition) is 2. The van der Waals surface area contributed by atoms with E-state index in [9.17, 15) is 4.79 Å². The normalized spacial score (nSPS) is 13.7. The van der Waals surface area contributed by atoms with Gasteiger partial charge < -0.3 is 4.74 Å². The third-order valence-corrected chi connectivity index (χ3v) is 1.53. The van der Waals surface area contributed by atoms with Crippen LogP contribution >= 0.6 is 0 Å². The van der Waals surface area contributed by atoms with Crippen molar-refractivity contribution in [2.45, 2.75) is 33.3 Å². The first-order chi connectivity index (χ1) is 4.57. The molecule has 1 unspecified atom stereocenters. The van der Waals surface area contributed by atoms with Crippen molar-refractivity contribution in [3.63, 3.8) is 0 Å². The van der Waals surface area contributed by atoms with Crippen LogP contribution in [0.25, 0.3) is 0 Å². The lowest BCUT2D eigenvalue weighted by Gasteiger charge is -2.09. The van der Waals surface area contributed by atoms with Crippen molar-refractivity contribution in [1.29, 1.82) is 0 Å². The highest BCUT2D eigenvalue weighted by molar-refractivity contribution is 5.80. The van der Waals surface area contributed by atoms with Gasteiger partial charge in [0.25, 0.3) is 0 Å². The summed E-state index contributed by atoms with van der Waals surface area (Å²) in [6.45, 7) is 5.72. The molecular weight excluding hydrogens is 128 g/mol. The van der Waals surface area contributed by atoms with Crippen molar-refractivity contribution < 1.29 is 9.53 Å². The molecule has 0 aromatic heterocycles. The molecule has 0 heterocycles. The fraction of sp³-hybridized carbons (Fsp3) is 0.875. The molecular formula is C8H16O2. The summed E-state index contributed by atoms with van der Waals surface area (Å²) < 4.78 is 4.95. The summed E-state index contributed by atoms with van der Waals surface area (Å²) in [7, 11) is 1.62. The van der Waals surface area contributed by atoms with E-state index in [2.05, 4.69) is 0 Å². The van der Waals surface area contributed by atoms with Crippen LogP contribution in [0.4, 0.5) is 0 Å². The molecule has 0 saturated heterocycles. The Kier molecular flexibility index (Phi) is 4.28. The lowest BCUT2D eigenvalue weighted by molar-refractivity contribution is -0.124. The van der Waals surface area contributed by atoms with E-state index in [0.717, 1.165) is 0 Å². The maximum atomic E-state index is 11.0. The van der Waals surface area contributed by atoms with E-state index in [1.807, 2.05) is 20.8 Å². The Labute approximate surface area is 62.6 Å². The summed E-state index contributed by atoms with van der Waals surface area (Å²) in [4.78, 5) is 11.0. The number of hydrogen-bond donors (Lipinski definition) is 0. The average Bonchev–Trinajstić information content (AvgIpc) is 1.87. The molecule has 0 saturated carbocycles. The van der Waals surface area contributed by atoms with Gasteiger partial charge in [0.1, 0.15) is 5.78 Å². The van der Waals surface area contributed by atoms with Gasteiger partial charge in [-0.05, 0) is 6.92 Å². The minimum atomic E-state index is 0.0647. The Hall–Kier alpha value is -0.370. The predicted octanol–water partition coefficient (Wildman–Crippen LogP) is 1.64. The van der Waals surface area contributed by atoms with Crippen molar-refractivity contribution in [2.75, 3.05) is 7.11 Å². The molecule has 0 radical (unpaired) electrons. The van der Waals surface area contributed by atoms with Crippen LogP contribution in [0.15, 0.2) is 0 Å². The summed E-state index contributed by atoms with van der Waals surface area (Å²) >= 11 is 0. The van der Waals surface area contributed by atoms with Crippen molar-refractivity contribution in [3.05, 3.63) is 0 Å². The first kappa shape index (κ1) is 9.63. The Morgan fingerprint density at radius 2 is 1.90 bits per heavy atom. The SMILES string of the molecule is COC(C)CC(=O)C(C)C. The molecule has 2 heteroatoms. The van der Waals surface area contributed by atoms with Gasteiger partial charge in [0, 0.05) is 19.4 Å². The molecule has 0 aliphatic heterocycles. The van der Waals surface area contributed by atoms with Gasteiger partial charge in [-0.2, -0.15) is 0 Å². The van der Waals surface area contributed by atoms with E-state index in [1.54, 1.807) is 7.11 Å². The summed E-state index contributed by atoms with van der Waals surface area (Å²) in [5.74, 6) is 0.409. The van der Waals surface area contributed by atoms with Crippen LogP contribution in [0.2, 0.25) is 0 Å². The number of Topliss-reactive ketones (excluding diaryl/α,β-unsaturated/α-hetero) is 1.